The van der Waals surface area contributed by atoms with Crippen molar-refractivity contribution in [3.05, 3.63) is 0 Å². The third-order valence-corrected chi connectivity index (χ3v) is 4.94. The molecule has 5 nitrogen and oxygen atoms in total. The summed E-state index contributed by atoms with van der Waals surface area (Å²) in [5, 5.41) is 3.38. The lowest BCUT2D eigenvalue weighted by Gasteiger charge is -2.39. The molecule has 1 fully saturated rings. The molecule has 6 heteroatoms. The lowest BCUT2D eigenvalue weighted by molar-refractivity contribution is -0.139. The third-order valence-electron chi connectivity index (χ3n) is 4.40. The van der Waals surface area contributed by atoms with Gasteiger partial charge in [-0.05, 0) is 53.7 Å². The van der Waals surface area contributed by atoms with Crippen molar-refractivity contribution in [1.82, 2.24) is 20.0 Å². The standard InChI is InChI=1S/C16H35N4OP/c1-18(2)10-7-5-6-8-15(19(3)4)16(21)20-11-9-17-12-14(20)13-22/h14-15,17H,5-13,22H2,1-4H3/t14-,15+/m0/s1. The zero-order chi connectivity index (χ0) is 16.5. The molecule has 0 saturated carbocycles. The van der Waals surface area contributed by atoms with E-state index < -0.39 is 0 Å². The quantitative estimate of drug-likeness (QED) is 0.499. The van der Waals surface area contributed by atoms with Gasteiger partial charge < -0.3 is 15.1 Å². The monoisotopic (exact) mass is 330 g/mol. The summed E-state index contributed by atoms with van der Waals surface area (Å²) in [5.74, 6) is 0.312. The smallest absolute Gasteiger partial charge is 0.240 e. The molecule has 0 aromatic rings. The summed E-state index contributed by atoms with van der Waals surface area (Å²) in [4.78, 5) is 19.3. The molecule has 130 valence electrons. The predicted molar refractivity (Wildman–Crippen MR) is 97.4 cm³/mol. The van der Waals surface area contributed by atoms with E-state index >= 15 is 0 Å². The number of unbranched alkanes of at least 4 members (excludes halogenated alkanes) is 2. The minimum absolute atomic E-state index is 0.0245. The Labute approximate surface area is 139 Å². The summed E-state index contributed by atoms with van der Waals surface area (Å²) in [6.07, 6.45) is 5.45. The van der Waals surface area contributed by atoms with E-state index in [4.69, 9.17) is 0 Å². The Bertz CT molecular complexity index is 325. The van der Waals surface area contributed by atoms with Crippen LogP contribution in [0.5, 0.6) is 0 Å². The van der Waals surface area contributed by atoms with Crippen LogP contribution in [-0.2, 0) is 4.79 Å². The van der Waals surface area contributed by atoms with E-state index in [9.17, 15) is 4.79 Å². The molecule has 1 N–H and O–H groups in total. The number of piperazine rings is 1. The first-order valence-electron chi connectivity index (χ1n) is 8.49. The van der Waals surface area contributed by atoms with Gasteiger partial charge in [-0.2, -0.15) is 0 Å². The average Bonchev–Trinajstić information content (AvgIpc) is 2.49. The summed E-state index contributed by atoms with van der Waals surface area (Å²) in [7, 11) is 11.1. The van der Waals surface area contributed by atoms with Crippen molar-refractivity contribution in [1.29, 1.82) is 0 Å². The Kier molecular flexibility index (Phi) is 9.49. The van der Waals surface area contributed by atoms with Gasteiger partial charge in [0.25, 0.3) is 0 Å². The van der Waals surface area contributed by atoms with Crippen molar-refractivity contribution in [3.8, 4) is 0 Å². The summed E-state index contributed by atoms with van der Waals surface area (Å²) < 4.78 is 0. The highest BCUT2D eigenvalue weighted by molar-refractivity contribution is 7.16. The van der Waals surface area contributed by atoms with Gasteiger partial charge in [0.1, 0.15) is 0 Å². The molecule has 0 spiro atoms. The van der Waals surface area contributed by atoms with Gasteiger partial charge in [-0.1, -0.05) is 12.8 Å². The Hall–Kier alpha value is -0.220. The number of likely N-dealkylation sites (N-methyl/N-ethyl adjacent to an activating group) is 1. The molecule has 1 aliphatic rings. The van der Waals surface area contributed by atoms with Crippen LogP contribution in [0, 0.1) is 0 Å². The number of hydrogen-bond donors (Lipinski definition) is 1. The fourth-order valence-corrected chi connectivity index (χ4v) is 3.42. The van der Waals surface area contributed by atoms with E-state index in [1.54, 1.807) is 0 Å². The maximum absolute atomic E-state index is 12.9. The Balaban J connectivity index is 2.48. The van der Waals surface area contributed by atoms with E-state index in [1.165, 1.54) is 12.8 Å². The first-order valence-corrected chi connectivity index (χ1v) is 9.31. The third kappa shape index (κ3) is 6.49. The topological polar surface area (TPSA) is 38.8 Å². The SMILES string of the molecule is CN(C)CCCCC[C@H](C(=O)N1CCNC[C@H]1CP)N(C)C. The minimum Gasteiger partial charge on any atom is -0.335 e. The molecular weight excluding hydrogens is 295 g/mol. The van der Waals surface area contributed by atoms with Gasteiger partial charge in [0.15, 0.2) is 0 Å². The average molecular weight is 330 g/mol. The summed E-state index contributed by atoms with van der Waals surface area (Å²) in [6.45, 7) is 3.80. The number of rotatable bonds is 9. The van der Waals surface area contributed by atoms with Crippen LogP contribution in [0.2, 0.25) is 0 Å². The summed E-state index contributed by atoms with van der Waals surface area (Å²) >= 11 is 0. The van der Waals surface area contributed by atoms with Crippen molar-refractivity contribution in [2.24, 2.45) is 0 Å². The Morgan fingerprint density at radius 2 is 2.00 bits per heavy atom. The second kappa shape index (κ2) is 10.5. The highest BCUT2D eigenvalue weighted by atomic mass is 31.0. The fraction of sp³-hybridized carbons (Fsp3) is 0.938. The molecule has 0 aromatic carbocycles. The molecule has 3 atom stereocenters. The van der Waals surface area contributed by atoms with Crippen molar-refractivity contribution in [2.75, 3.05) is 60.5 Å². The fourth-order valence-electron chi connectivity index (χ4n) is 3.00. The van der Waals surface area contributed by atoms with Crippen LogP contribution >= 0.6 is 9.24 Å². The number of nitrogens with zero attached hydrogens (tertiary/aromatic N) is 3. The van der Waals surface area contributed by atoms with Crippen molar-refractivity contribution >= 4 is 15.1 Å². The minimum atomic E-state index is 0.0245. The lowest BCUT2D eigenvalue weighted by atomic mass is 10.0. The molecule has 1 amide bonds. The summed E-state index contributed by atoms with van der Waals surface area (Å²) in [6, 6.07) is 0.346. The maximum atomic E-state index is 12.9. The Morgan fingerprint density at radius 3 is 2.59 bits per heavy atom. The van der Waals surface area contributed by atoms with E-state index in [1.807, 2.05) is 14.1 Å². The number of carbonyl (C=O) groups excluding carboxylic acids is 1. The molecule has 22 heavy (non-hydrogen) atoms. The highest BCUT2D eigenvalue weighted by Gasteiger charge is 2.31. The largest absolute Gasteiger partial charge is 0.335 e. The molecule has 0 radical (unpaired) electrons. The zero-order valence-electron chi connectivity index (χ0n) is 14.8. The van der Waals surface area contributed by atoms with E-state index in [0.717, 1.165) is 45.2 Å². The van der Waals surface area contributed by atoms with Crippen LogP contribution in [0.15, 0.2) is 0 Å². The molecule has 1 unspecified atom stereocenters. The van der Waals surface area contributed by atoms with Gasteiger partial charge in [-0.3, -0.25) is 9.69 Å². The molecule has 1 aliphatic heterocycles. The van der Waals surface area contributed by atoms with Crippen LogP contribution in [0.25, 0.3) is 0 Å². The van der Waals surface area contributed by atoms with Crippen LogP contribution in [-0.4, -0.2) is 93.2 Å². The Morgan fingerprint density at radius 1 is 1.27 bits per heavy atom. The second-order valence-corrected chi connectivity index (χ2v) is 7.23. The van der Waals surface area contributed by atoms with Gasteiger partial charge >= 0.3 is 0 Å². The van der Waals surface area contributed by atoms with Crippen LogP contribution < -0.4 is 5.32 Å². The normalized spacial score (nSPS) is 20.7. The number of hydrogen-bond acceptors (Lipinski definition) is 4. The van der Waals surface area contributed by atoms with Crippen LogP contribution in [0.3, 0.4) is 0 Å². The molecule has 0 aromatic heterocycles. The van der Waals surface area contributed by atoms with E-state index in [0.29, 0.717) is 11.9 Å². The van der Waals surface area contributed by atoms with Gasteiger partial charge in [0.2, 0.25) is 5.91 Å². The molecule has 1 saturated heterocycles. The second-order valence-electron chi connectivity index (χ2n) is 6.76. The van der Waals surface area contributed by atoms with Gasteiger partial charge in [0.05, 0.1) is 6.04 Å². The van der Waals surface area contributed by atoms with Crippen molar-refractivity contribution in [3.63, 3.8) is 0 Å². The molecule has 0 bridgehead atoms. The van der Waals surface area contributed by atoms with Gasteiger partial charge in [-0.25, -0.2) is 0 Å². The van der Waals surface area contributed by atoms with Crippen molar-refractivity contribution < 1.29 is 4.79 Å². The maximum Gasteiger partial charge on any atom is 0.240 e. The first-order chi connectivity index (χ1) is 10.5. The number of amides is 1. The predicted octanol–water partition coefficient (Wildman–Crippen LogP) is 0.714. The first kappa shape index (κ1) is 19.8. The number of carbonyl (C=O) groups is 1. The summed E-state index contributed by atoms with van der Waals surface area (Å²) in [5.41, 5.74) is 0. The highest BCUT2D eigenvalue weighted by Crippen LogP contribution is 2.15. The van der Waals surface area contributed by atoms with Gasteiger partial charge in [0, 0.05) is 25.7 Å². The van der Waals surface area contributed by atoms with Gasteiger partial charge in [-0.15, -0.1) is 9.24 Å². The van der Waals surface area contributed by atoms with Crippen LogP contribution in [0.1, 0.15) is 25.7 Å². The zero-order valence-corrected chi connectivity index (χ0v) is 16.0. The van der Waals surface area contributed by atoms with E-state index in [-0.39, 0.29) is 6.04 Å². The number of nitrogens with one attached hydrogen (secondary N) is 1. The molecule has 1 rings (SSSR count). The van der Waals surface area contributed by atoms with Crippen molar-refractivity contribution in [2.45, 2.75) is 37.8 Å². The molecule has 1 heterocycles. The van der Waals surface area contributed by atoms with Crippen LogP contribution in [0.4, 0.5) is 0 Å². The molecular formula is C16H35N4OP. The van der Waals surface area contributed by atoms with E-state index in [2.05, 4.69) is 43.4 Å². The molecule has 0 aliphatic carbocycles. The lowest BCUT2D eigenvalue weighted by Crippen LogP contribution is -2.58.